The van der Waals surface area contributed by atoms with Gasteiger partial charge in [0.1, 0.15) is 5.54 Å². The Morgan fingerprint density at radius 1 is 1.03 bits per heavy atom. The number of urea groups is 1. The summed E-state index contributed by atoms with van der Waals surface area (Å²) < 4.78 is 27.8. The number of nitrogens with zero attached hydrogens (tertiary/aromatic N) is 3. The molecule has 1 N–H and O–H groups in total. The minimum Gasteiger partial charge on any atom is -0.323 e. The SMILES string of the molecule is C[C@H]1CCCC[C@@]12NC(=O)N(CN1CCN(S(=O)(=O)c3ccc4c(c3)CCC4)CC1)C2=O. The molecule has 2 atom stereocenters. The van der Waals surface area contributed by atoms with Gasteiger partial charge in [0.05, 0.1) is 11.6 Å². The van der Waals surface area contributed by atoms with Crippen molar-refractivity contribution in [1.82, 2.24) is 19.4 Å². The van der Waals surface area contributed by atoms with E-state index in [1.54, 1.807) is 6.07 Å². The van der Waals surface area contributed by atoms with E-state index < -0.39 is 15.6 Å². The van der Waals surface area contributed by atoms with Gasteiger partial charge in [0.2, 0.25) is 10.0 Å². The molecular weight excluding hydrogens is 428 g/mol. The summed E-state index contributed by atoms with van der Waals surface area (Å²) in [6, 6.07) is 5.19. The molecule has 5 rings (SSSR count). The van der Waals surface area contributed by atoms with Gasteiger partial charge in [-0.25, -0.2) is 18.1 Å². The highest BCUT2D eigenvalue weighted by atomic mass is 32.2. The lowest BCUT2D eigenvalue weighted by Gasteiger charge is -2.38. The Bertz CT molecular complexity index is 1030. The molecule has 2 aliphatic heterocycles. The summed E-state index contributed by atoms with van der Waals surface area (Å²) in [5, 5.41) is 2.99. The molecule has 1 saturated carbocycles. The molecule has 32 heavy (non-hydrogen) atoms. The number of amides is 3. The van der Waals surface area contributed by atoms with Crippen molar-refractivity contribution in [2.24, 2.45) is 5.92 Å². The third-order valence-corrected chi connectivity index (χ3v) is 9.78. The third kappa shape index (κ3) is 3.54. The molecule has 0 unspecified atom stereocenters. The van der Waals surface area contributed by atoms with Gasteiger partial charge in [-0.15, -0.1) is 0 Å². The smallest absolute Gasteiger partial charge is 0.323 e. The molecule has 3 amide bonds. The average molecular weight is 461 g/mol. The monoisotopic (exact) mass is 460 g/mol. The van der Waals surface area contributed by atoms with Gasteiger partial charge in [-0.2, -0.15) is 4.31 Å². The topological polar surface area (TPSA) is 90.0 Å². The number of hydrogen-bond donors (Lipinski definition) is 1. The van der Waals surface area contributed by atoms with E-state index in [2.05, 4.69) is 5.32 Å². The Morgan fingerprint density at radius 3 is 2.53 bits per heavy atom. The maximum atomic E-state index is 13.2. The standard InChI is InChI=1S/C23H32N4O4S/c1-17-5-2-3-10-23(17)21(28)27(22(29)24-23)16-25-11-13-26(14-12-25)32(30,31)20-9-8-18-6-4-7-19(18)15-20/h8-9,15,17H,2-7,10-14,16H2,1H3,(H,24,29)/t17-,23+/m0/s1. The van der Waals surface area contributed by atoms with Crippen LogP contribution in [-0.2, 0) is 27.7 Å². The molecular formula is C23H32N4O4S. The second-order valence-electron chi connectivity index (χ2n) is 9.73. The Balaban J connectivity index is 1.22. The first kappa shape index (κ1) is 21.9. The lowest BCUT2D eigenvalue weighted by molar-refractivity contribution is -0.135. The largest absolute Gasteiger partial charge is 0.326 e. The van der Waals surface area contributed by atoms with E-state index in [9.17, 15) is 18.0 Å². The van der Waals surface area contributed by atoms with Crippen LogP contribution in [0.2, 0.25) is 0 Å². The highest BCUT2D eigenvalue weighted by Crippen LogP contribution is 2.38. The zero-order chi connectivity index (χ0) is 22.5. The summed E-state index contributed by atoms with van der Waals surface area (Å²) in [6.07, 6.45) is 6.73. The number of aryl methyl sites for hydroxylation is 2. The van der Waals surface area contributed by atoms with Gasteiger partial charge in [0.15, 0.2) is 0 Å². The van der Waals surface area contributed by atoms with Gasteiger partial charge in [0.25, 0.3) is 5.91 Å². The number of hydrogen-bond acceptors (Lipinski definition) is 5. The van der Waals surface area contributed by atoms with Crippen LogP contribution in [0.3, 0.4) is 0 Å². The van der Waals surface area contributed by atoms with E-state index in [1.807, 2.05) is 24.0 Å². The van der Waals surface area contributed by atoms with E-state index in [0.29, 0.717) is 37.5 Å². The number of fused-ring (bicyclic) bond motifs is 1. The van der Waals surface area contributed by atoms with Crippen molar-refractivity contribution in [3.05, 3.63) is 29.3 Å². The maximum absolute atomic E-state index is 13.2. The lowest BCUT2D eigenvalue weighted by atomic mass is 9.73. The van der Waals surface area contributed by atoms with Crippen LogP contribution in [0, 0.1) is 5.92 Å². The Hall–Kier alpha value is -1.97. The predicted molar refractivity (Wildman–Crippen MR) is 119 cm³/mol. The van der Waals surface area contributed by atoms with Crippen LogP contribution in [0.15, 0.2) is 23.1 Å². The predicted octanol–water partition coefficient (Wildman–Crippen LogP) is 1.94. The van der Waals surface area contributed by atoms with E-state index in [-0.39, 0.29) is 24.5 Å². The fourth-order valence-corrected chi connectivity index (χ4v) is 7.27. The number of nitrogens with one attached hydrogen (secondary N) is 1. The van der Waals surface area contributed by atoms with Gasteiger partial charge < -0.3 is 5.32 Å². The lowest BCUT2D eigenvalue weighted by Crippen LogP contribution is -2.55. The molecule has 0 bridgehead atoms. The van der Waals surface area contributed by atoms with Crippen molar-refractivity contribution in [2.75, 3.05) is 32.8 Å². The van der Waals surface area contributed by atoms with E-state index in [4.69, 9.17) is 0 Å². The summed E-state index contributed by atoms with van der Waals surface area (Å²) in [4.78, 5) is 29.5. The molecule has 1 aromatic rings. The molecule has 0 radical (unpaired) electrons. The van der Waals surface area contributed by atoms with Crippen LogP contribution in [0.5, 0.6) is 0 Å². The summed E-state index contributed by atoms with van der Waals surface area (Å²) in [7, 11) is -3.54. The number of rotatable bonds is 4. The van der Waals surface area contributed by atoms with Crippen molar-refractivity contribution in [3.63, 3.8) is 0 Å². The normalized spacial score (nSPS) is 29.5. The molecule has 8 nitrogen and oxygen atoms in total. The molecule has 9 heteroatoms. The zero-order valence-corrected chi connectivity index (χ0v) is 19.5. The Kier molecular flexibility index (Phi) is 5.54. The Morgan fingerprint density at radius 2 is 1.78 bits per heavy atom. The highest BCUT2D eigenvalue weighted by molar-refractivity contribution is 7.89. The van der Waals surface area contributed by atoms with Crippen molar-refractivity contribution in [1.29, 1.82) is 0 Å². The molecule has 0 aromatic heterocycles. The molecule has 2 heterocycles. The molecule has 1 aromatic carbocycles. The highest BCUT2D eigenvalue weighted by Gasteiger charge is 2.55. The van der Waals surface area contributed by atoms with E-state index in [0.717, 1.165) is 44.1 Å². The van der Waals surface area contributed by atoms with Crippen molar-refractivity contribution in [2.45, 2.75) is 62.3 Å². The van der Waals surface area contributed by atoms with Crippen LogP contribution >= 0.6 is 0 Å². The fourth-order valence-electron chi connectivity index (χ4n) is 5.79. The average Bonchev–Trinajstić information content (AvgIpc) is 3.35. The third-order valence-electron chi connectivity index (χ3n) is 7.88. The summed E-state index contributed by atoms with van der Waals surface area (Å²) >= 11 is 0. The van der Waals surface area contributed by atoms with Crippen LogP contribution in [0.25, 0.3) is 0 Å². The van der Waals surface area contributed by atoms with Crippen LogP contribution in [0.4, 0.5) is 4.79 Å². The van der Waals surface area contributed by atoms with Crippen LogP contribution in [-0.4, -0.2) is 72.8 Å². The van der Waals surface area contributed by atoms with Crippen molar-refractivity contribution in [3.8, 4) is 0 Å². The zero-order valence-electron chi connectivity index (χ0n) is 18.7. The van der Waals surface area contributed by atoms with Crippen LogP contribution < -0.4 is 5.32 Å². The first-order valence-corrected chi connectivity index (χ1v) is 13.2. The number of carbonyl (C=O) groups excluding carboxylic acids is 2. The van der Waals surface area contributed by atoms with Crippen molar-refractivity contribution < 1.29 is 18.0 Å². The molecule has 2 saturated heterocycles. The van der Waals surface area contributed by atoms with E-state index >= 15 is 0 Å². The first-order valence-electron chi connectivity index (χ1n) is 11.8. The summed E-state index contributed by atoms with van der Waals surface area (Å²) in [5.74, 6) is 0.00917. The number of carbonyl (C=O) groups is 2. The van der Waals surface area contributed by atoms with Gasteiger partial charge in [0, 0.05) is 26.2 Å². The maximum Gasteiger partial charge on any atom is 0.326 e. The summed E-state index contributed by atoms with van der Waals surface area (Å²) in [6.45, 7) is 3.94. The van der Waals surface area contributed by atoms with E-state index in [1.165, 1.54) is 14.8 Å². The van der Waals surface area contributed by atoms with Gasteiger partial charge in [-0.05, 0) is 61.3 Å². The van der Waals surface area contributed by atoms with Crippen LogP contribution in [0.1, 0.15) is 50.2 Å². The quantitative estimate of drug-likeness (QED) is 0.694. The molecule has 1 spiro atoms. The fraction of sp³-hybridized carbons (Fsp3) is 0.652. The first-order chi connectivity index (χ1) is 15.3. The number of benzene rings is 1. The molecule has 174 valence electrons. The second kappa shape index (κ2) is 8.11. The van der Waals surface area contributed by atoms with Crippen molar-refractivity contribution >= 4 is 22.0 Å². The Labute approximate surface area is 190 Å². The molecule has 3 fully saturated rings. The number of piperazine rings is 1. The molecule has 2 aliphatic carbocycles. The minimum atomic E-state index is -3.54. The van der Waals surface area contributed by atoms with Gasteiger partial charge in [-0.3, -0.25) is 9.69 Å². The minimum absolute atomic E-state index is 0.122. The van der Waals surface area contributed by atoms with Gasteiger partial charge in [-0.1, -0.05) is 25.8 Å². The number of imide groups is 1. The second-order valence-corrected chi connectivity index (χ2v) is 11.7. The molecule has 4 aliphatic rings. The summed E-state index contributed by atoms with van der Waals surface area (Å²) in [5.41, 5.74) is 1.65. The number of sulfonamides is 1. The van der Waals surface area contributed by atoms with Gasteiger partial charge >= 0.3 is 6.03 Å².